The number of hydrogen-bond acceptors (Lipinski definition) is 5. The summed E-state index contributed by atoms with van der Waals surface area (Å²) < 4.78 is 11.0. The van der Waals surface area contributed by atoms with E-state index in [1.165, 1.54) is 0 Å². The molecule has 6 heteroatoms. The van der Waals surface area contributed by atoms with Crippen LogP contribution in [0.25, 0.3) is 0 Å². The zero-order valence-electron chi connectivity index (χ0n) is 10.5. The van der Waals surface area contributed by atoms with Gasteiger partial charge in [0.05, 0.1) is 18.6 Å². The molecule has 0 aromatic carbocycles. The van der Waals surface area contributed by atoms with Gasteiger partial charge in [-0.15, -0.1) is 10.2 Å². The van der Waals surface area contributed by atoms with Crippen LogP contribution >= 0.6 is 0 Å². The molecule has 1 aliphatic rings. The minimum absolute atomic E-state index is 0.189. The maximum absolute atomic E-state index is 10.4. The lowest BCUT2D eigenvalue weighted by atomic mass is 10.1. The van der Waals surface area contributed by atoms with Crippen molar-refractivity contribution in [1.82, 2.24) is 10.2 Å². The Morgan fingerprint density at radius 2 is 2.28 bits per heavy atom. The number of rotatable bonds is 6. The predicted octanol–water partition coefficient (Wildman–Crippen LogP) is 1.76. The standard InChI is InChI=1S/C12H18N2O4/c1-8-6-9(7-17-8)12-14-13-10(18-12)4-2-3-5-11(15)16/h8-9H,2-7H2,1H3,(H,15,16). The smallest absolute Gasteiger partial charge is 0.303 e. The Bertz CT molecular complexity index is 405. The second kappa shape index (κ2) is 5.95. The summed E-state index contributed by atoms with van der Waals surface area (Å²) in [5.41, 5.74) is 0. The van der Waals surface area contributed by atoms with E-state index < -0.39 is 5.97 Å². The van der Waals surface area contributed by atoms with Gasteiger partial charge in [0.1, 0.15) is 0 Å². The van der Waals surface area contributed by atoms with Gasteiger partial charge in [0.25, 0.3) is 0 Å². The third kappa shape index (κ3) is 3.53. The van der Waals surface area contributed by atoms with Crippen LogP contribution in [-0.2, 0) is 16.0 Å². The first-order valence-electron chi connectivity index (χ1n) is 6.31. The minimum atomic E-state index is -0.765. The Labute approximate surface area is 105 Å². The lowest BCUT2D eigenvalue weighted by Gasteiger charge is -1.99. The van der Waals surface area contributed by atoms with Crippen molar-refractivity contribution in [2.75, 3.05) is 6.61 Å². The van der Waals surface area contributed by atoms with E-state index in [-0.39, 0.29) is 18.4 Å². The van der Waals surface area contributed by atoms with Gasteiger partial charge in [-0.05, 0) is 26.2 Å². The van der Waals surface area contributed by atoms with Gasteiger partial charge in [0.2, 0.25) is 11.8 Å². The molecule has 1 aromatic heterocycles. The van der Waals surface area contributed by atoms with E-state index in [1.54, 1.807) is 0 Å². The van der Waals surface area contributed by atoms with Gasteiger partial charge >= 0.3 is 5.97 Å². The molecule has 6 nitrogen and oxygen atoms in total. The molecule has 2 atom stereocenters. The van der Waals surface area contributed by atoms with Crippen LogP contribution in [0, 0.1) is 0 Å². The van der Waals surface area contributed by atoms with Crippen LogP contribution in [0.5, 0.6) is 0 Å². The van der Waals surface area contributed by atoms with Gasteiger partial charge in [-0.2, -0.15) is 0 Å². The number of ether oxygens (including phenoxy) is 1. The molecule has 1 N–H and O–H groups in total. The molecule has 100 valence electrons. The summed E-state index contributed by atoms with van der Waals surface area (Å²) in [4.78, 5) is 10.4. The summed E-state index contributed by atoms with van der Waals surface area (Å²) in [7, 11) is 0. The molecule has 1 fully saturated rings. The van der Waals surface area contributed by atoms with Crippen molar-refractivity contribution in [2.24, 2.45) is 0 Å². The second-order valence-electron chi connectivity index (χ2n) is 4.71. The molecule has 2 rings (SSSR count). The van der Waals surface area contributed by atoms with Crippen LogP contribution in [0.2, 0.25) is 0 Å². The molecule has 0 aliphatic carbocycles. The van der Waals surface area contributed by atoms with Crippen LogP contribution in [0.3, 0.4) is 0 Å². The topological polar surface area (TPSA) is 85.5 Å². The number of aryl methyl sites for hydroxylation is 1. The number of hydrogen-bond donors (Lipinski definition) is 1. The first-order valence-corrected chi connectivity index (χ1v) is 6.31. The van der Waals surface area contributed by atoms with E-state index in [0.29, 0.717) is 31.2 Å². The van der Waals surface area contributed by atoms with Crippen LogP contribution < -0.4 is 0 Å². The average molecular weight is 254 g/mol. The fraction of sp³-hybridized carbons (Fsp3) is 0.750. The number of aromatic nitrogens is 2. The predicted molar refractivity (Wildman–Crippen MR) is 62.3 cm³/mol. The van der Waals surface area contributed by atoms with Crippen LogP contribution in [0.1, 0.15) is 50.3 Å². The zero-order valence-corrected chi connectivity index (χ0v) is 10.5. The quantitative estimate of drug-likeness (QED) is 0.778. The highest BCUT2D eigenvalue weighted by Crippen LogP contribution is 2.28. The molecule has 1 saturated heterocycles. The monoisotopic (exact) mass is 254 g/mol. The number of aliphatic carboxylic acids is 1. The van der Waals surface area contributed by atoms with Gasteiger partial charge in [-0.25, -0.2) is 0 Å². The van der Waals surface area contributed by atoms with Gasteiger partial charge in [0, 0.05) is 12.8 Å². The summed E-state index contributed by atoms with van der Waals surface area (Å²) in [6.45, 7) is 2.67. The van der Waals surface area contributed by atoms with Crippen molar-refractivity contribution in [1.29, 1.82) is 0 Å². The lowest BCUT2D eigenvalue weighted by molar-refractivity contribution is -0.137. The van der Waals surface area contributed by atoms with Crippen molar-refractivity contribution < 1.29 is 19.1 Å². The third-order valence-electron chi connectivity index (χ3n) is 3.06. The van der Waals surface area contributed by atoms with Crippen LogP contribution in [-0.4, -0.2) is 34.0 Å². The second-order valence-corrected chi connectivity index (χ2v) is 4.71. The average Bonchev–Trinajstić information content (AvgIpc) is 2.93. The number of carboxylic acids is 1. The van der Waals surface area contributed by atoms with E-state index in [2.05, 4.69) is 10.2 Å². The normalized spacial score (nSPS) is 23.4. The highest BCUT2D eigenvalue weighted by molar-refractivity contribution is 5.66. The Kier molecular flexibility index (Phi) is 4.30. The van der Waals surface area contributed by atoms with Gasteiger partial charge in [-0.3, -0.25) is 4.79 Å². The van der Waals surface area contributed by atoms with E-state index in [0.717, 1.165) is 12.8 Å². The third-order valence-corrected chi connectivity index (χ3v) is 3.06. The number of carbonyl (C=O) groups is 1. The first kappa shape index (κ1) is 13.0. The highest BCUT2D eigenvalue weighted by atomic mass is 16.5. The molecular formula is C12H18N2O4. The molecule has 0 radical (unpaired) electrons. The largest absolute Gasteiger partial charge is 0.481 e. The first-order chi connectivity index (χ1) is 8.65. The molecule has 2 unspecified atom stereocenters. The highest BCUT2D eigenvalue weighted by Gasteiger charge is 2.27. The number of nitrogens with zero attached hydrogens (tertiary/aromatic N) is 2. The van der Waals surface area contributed by atoms with Crippen molar-refractivity contribution in [3.63, 3.8) is 0 Å². The number of unbranched alkanes of at least 4 members (excludes halogenated alkanes) is 1. The molecule has 0 bridgehead atoms. The summed E-state index contributed by atoms with van der Waals surface area (Å²) in [5.74, 6) is 0.682. The zero-order chi connectivity index (χ0) is 13.0. The van der Waals surface area contributed by atoms with Crippen molar-refractivity contribution >= 4 is 5.97 Å². The maximum atomic E-state index is 10.4. The molecular weight excluding hydrogens is 236 g/mol. The summed E-state index contributed by atoms with van der Waals surface area (Å²) in [5, 5.41) is 16.5. The summed E-state index contributed by atoms with van der Waals surface area (Å²) in [6.07, 6.45) is 3.39. The van der Waals surface area contributed by atoms with Crippen molar-refractivity contribution in [3.05, 3.63) is 11.8 Å². The van der Waals surface area contributed by atoms with Crippen LogP contribution in [0.4, 0.5) is 0 Å². The van der Waals surface area contributed by atoms with E-state index in [4.69, 9.17) is 14.3 Å². The molecule has 0 spiro atoms. The lowest BCUT2D eigenvalue weighted by Crippen LogP contribution is -1.98. The van der Waals surface area contributed by atoms with E-state index in [1.807, 2.05) is 6.92 Å². The molecule has 0 amide bonds. The van der Waals surface area contributed by atoms with E-state index >= 15 is 0 Å². The van der Waals surface area contributed by atoms with Gasteiger partial charge < -0.3 is 14.3 Å². The molecule has 1 aromatic rings. The Morgan fingerprint density at radius 3 is 2.94 bits per heavy atom. The summed E-state index contributed by atoms with van der Waals surface area (Å²) >= 11 is 0. The number of carboxylic acid groups (broad SMARTS) is 1. The molecule has 1 aliphatic heterocycles. The van der Waals surface area contributed by atoms with Crippen LogP contribution in [0.15, 0.2) is 4.42 Å². The Morgan fingerprint density at radius 1 is 1.44 bits per heavy atom. The Hall–Kier alpha value is -1.43. The molecule has 0 saturated carbocycles. The fourth-order valence-electron chi connectivity index (χ4n) is 2.07. The molecule has 18 heavy (non-hydrogen) atoms. The maximum Gasteiger partial charge on any atom is 0.303 e. The molecule has 2 heterocycles. The minimum Gasteiger partial charge on any atom is -0.481 e. The SMILES string of the molecule is CC1CC(c2nnc(CCCCC(=O)O)o2)CO1. The van der Waals surface area contributed by atoms with Crippen molar-refractivity contribution in [3.8, 4) is 0 Å². The van der Waals surface area contributed by atoms with Gasteiger partial charge in [-0.1, -0.05) is 0 Å². The fourth-order valence-corrected chi connectivity index (χ4v) is 2.07. The van der Waals surface area contributed by atoms with E-state index in [9.17, 15) is 4.79 Å². The van der Waals surface area contributed by atoms with Gasteiger partial charge in [0.15, 0.2) is 0 Å². The Balaban J connectivity index is 1.77. The van der Waals surface area contributed by atoms with Crippen molar-refractivity contribution in [2.45, 2.75) is 51.0 Å². The summed E-state index contributed by atoms with van der Waals surface area (Å²) in [6, 6.07) is 0.